The van der Waals surface area contributed by atoms with Crippen LogP contribution < -0.4 is 5.73 Å². The van der Waals surface area contributed by atoms with Crippen LogP contribution in [0.25, 0.3) is 0 Å². The molecule has 3 unspecified atom stereocenters. The zero-order chi connectivity index (χ0) is 13.9. The van der Waals surface area contributed by atoms with Gasteiger partial charge in [-0.2, -0.15) is 0 Å². The van der Waals surface area contributed by atoms with Crippen LogP contribution in [-0.4, -0.2) is 18.2 Å². The van der Waals surface area contributed by atoms with Crippen molar-refractivity contribution < 1.29 is 4.74 Å². The highest BCUT2D eigenvalue weighted by molar-refractivity contribution is 6.20. The minimum Gasteiger partial charge on any atom is -0.373 e. The lowest BCUT2D eigenvalue weighted by Gasteiger charge is -2.17. The molecule has 1 heterocycles. The molecule has 19 heavy (non-hydrogen) atoms. The molecule has 0 aliphatic carbocycles. The summed E-state index contributed by atoms with van der Waals surface area (Å²) in [4.78, 5) is 0. The molecular weight excluding hydrogens is 258 g/mol. The van der Waals surface area contributed by atoms with Gasteiger partial charge in [-0.15, -0.1) is 11.6 Å². The largest absolute Gasteiger partial charge is 0.373 e. The molecule has 0 saturated carbocycles. The predicted molar refractivity (Wildman–Crippen MR) is 83.5 cm³/mol. The Labute approximate surface area is 124 Å². The first-order valence-electron chi connectivity index (χ1n) is 8.25. The Morgan fingerprint density at radius 2 is 1.58 bits per heavy atom. The molecule has 0 aromatic heterocycles. The van der Waals surface area contributed by atoms with Crippen LogP contribution in [0.5, 0.6) is 0 Å². The second-order valence-electron chi connectivity index (χ2n) is 6.01. The van der Waals surface area contributed by atoms with Gasteiger partial charge in [-0.1, -0.05) is 64.7 Å². The number of hydrogen-bond acceptors (Lipinski definition) is 2. The molecule has 1 saturated heterocycles. The van der Waals surface area contributed by atoms with Crippen LogP contribution in [0.2, 0.25) is 0 Å². The van der Waals surface area contributed by atoms with Gasteiger partial charge in [-0.3, -0.25) is 0 Å². The Hall–Kier alpha value is 0.210. The van der Waals surface area contributed by atoms with Crippen molar-refractivity contribution in [3.8, 4) is 0 Å². The van der Waals surface area contributed by atoms with Crippen LogP contribution in [-0.2, 0) is 4.74 Å². The van der Waals surface area contributed by atoms with E-state index in [2.05, 4.69) is 6.92 Å². The maximum absolute atomic E-state index is 6.05. The molecule has 2 nitrogen and oxygen atoms in total. The van der Waals surface area contributed by atoms with E-state index in [0.29, 0.717) is 12.0 Å². The highest BCUT2D eigenvalue weighted by Crippen LogP contribution is 2.27. The Morgan fingerprint density at radius 1 is 1.05 bits per heavy atom. The summed E-state index contributed by atoms with van der Waals surface area (Å²) in [5.74, 6) is 0.443. The van der Waals surface area contributed by atoms with E-state index in [-0.39, 0.29) is 5.50 Å². The number of hydrogen-bond donors (Lipinski definition) is 1. The number of nitrogens with two attached hydrogens (primary N) is 1. The third kappa shape index (κ3) is 9.70. The number of halogens is 1. The van der Waals surface area contributed by atoms with E-state index in [0.717, 1.165) is 13.0 Å². The molecule has 0 aromatic carbocycles. The lowest BCUT2D eigenvalue weighted by atomic mass is 9.95. The molecule has 1 fully saturated rings. The topological polar surface area (TPSA) is 38.5 Å². The van der Waals surface area contributed by atoms with Crippen LogP contribution in [0.15, 0.2) is 0 Å². The van der Waals surface area contributed by atoms with Crippen molar-refractivity contribution in [1.29, 1.82) is 0 Å². The first-order chi connectivity index (χ1) is 9.24. The highest BCUT2D eigenvalue weighted by atomic mass is 35.5. The van der Waals surface area contributed by atoms with Gasteiger partial charge in [0.05, 0.1) is 18.2 Å². The number of rotatable bonds is 13. The van der Waals surface area contributed by atoms with Gasteiger partial charge in [0, 0.05) is 0 Å². The molecule has 3 atom stereocenters. The summed E-state index contributed by atoms with van der Waals surface area (Å²) >= 11 is 6.05. The van der Waals surface area contributed by atoms with E-state index in [4.69, 9.17) is 22.1 Å². The Kier molecular flexibility index (Phi) is 9.93. The van der Waals surface area contributed by atoms with Crippen LogP contribution >= 0.6 is 11.6 Å². The lowest BCUT2D eigenvalue weighted by Crippen LogP contribution is -2.25. The summed E-state index contributed by atoms with van der Waals surface area (Å²) in [6.07, 6.45) is 15.0. The Balaban J connectivity index is 1.87. The van der Waals surface area contributed by atoms with Gasteiger partial charge in [0.2, 0.25) is 0 Å². The van der Waals surface area contributed by atoms with Gasteiger partial charge >= 0.3 is 0 Å². The number of unbranched alkanes of at least 4 members (excludes halogenated alkanes) is 8. The molecule has 0 aromatic rings. The normalized spacial score (nSPS) is 21.3. The molecule has 0 spiro atoms. The number of alkyl halides is 1. The van der Waals surface area contributed by atoms with Gasteiger partial charge < -0.3 is 10.5 Å². The van der Waals surface area contributed by atoms with E-state index in [9.17, 15) is 0 Å². The standard InChI is InChI=1S/C16H32ClNO/c1-2-3-4-5-6-7-8-9-10-11-14(16(17)18)12-15-13-19-15/h14-16H,2-13,18H2,1H3. The van der Waals surface area contributed by atoms with Crippen molar-refractivity contribution in [3.63, 3.8) is 0 Å². The minimum absolute atomic E-state index is 0.196. The van der Waals surface area contributed by atoms with Gasteiger partial charge in [0.15, 0.2) is 0 Å². The molecule has 3 heteroatoms. The van der Waals surface area contributed by atoms with E-state index >= 15 is 0 Å². The van der Waals surface area contributed by atoms with Crippen molar-refractivity contribution in [2.75, 3.05) is 6.61 Å². The van der Waals surface area contributed by atoms with Crippen LogP contribution in [0.3, 0.4) is 0 Å². The first-order valence-corrected chi connectivity index (χ1v) is 8.69. The van der Waals surface area contributed by atoms with Crippen molar-refractivity contribution in [1.82, 2.24) is 0 Å². The summed E-state index contributed by atoms with van der Waals surface area (Å²) < 4.78 is 5.27. The van der Waals surface area contributed by atoms with Crippen molar-refractivity contribution >= 4 is 11.6 Å². The zero-order valence-corrected chi connectivity index (χ0v) is 13.3. The van der Waals surface area contributed by atoms with Crippen LogP contribution in [0, 0.1) is 5.92 Å². The fourth-order valence-electron chi connectivity index (χ4n) is 2.67. The molecule has 114 valence electrons. The van der Waals surface area contributed by atoms with E-state index in [1.165, 1.54) is 64.2 Å². The minimum atomic E-state index is -0.196. The smallest absolute Gasteiger partial charge is 0.0829 e. The molecule has 0 amide bonds. The molecule has 1 rings (SSSR count). The average molecular weight is 290 g/mol. The monoisotopic (exact) mass is 289 g/mol. The summed E-state index contributed by atoms with van der Waals surface area (Å²) in [5, 5.41) is 0. The molecule has 1 aliphatic rings. The fourth-order valence-corrected chi connectivity index (χ4v) is 2.89. The highest BCUT2D eigenvalue weighted by Gasteiger charge is 2.28. The van der Waals surface area contributed by atoms with Gasteiger partial charge in [0.1, 0.15) is 0 Å². The fraction of sp³-hybridized carbons (Fsp3) is 1.00. The number of ether oxygens (including phenoxy) is 1. The third-order valence-corrected chi connectivity index (χ3v) is 4.45. The third-order valence-electron chi connectivity index (χ3n) is 4.10. The van der Waals surface area contributed by atoms with Crippen LogP contribution in [0.4, 0.5) is 0 Å². The predicted octanol–water partition coefficient (Wildman–Crippen LogP) is 4.84. The van der Waals surface area contributed by atoms with Gasteiger partial charge in [-0.05, 0) is 18.8 Å². The summed E-state index contributed by atoms with van der Waals surface area (Å²) in [6, 6.07) is 0. The SMILES string of the molecule is CCCCCCCCCCCC(CC1CO1)C(N)Cl. The molecule has 1 aliphatic heterocycles. The zero-order valence-electron chi connectivity index (χ0n) is 12.6. The average Bonchev–Trinajstić information content (AvgIpc) is 3.19. The van der Waals surface area contributed by atoms with Crippen LogP contribution in [0.1, 0.15) is 77.6 Å². The second-order valence-corrected chi connectivity index (χ2v) is 6.52. The van der Waals surface area contributed by atoms with E-state index in [1.807, 2.05) is 0 Å². The van der Waals surface area contributed by atoms with E-state index in [1.54, 1.807) is 0 Å². The lowest BCUT2D eigenvalue weighted by molar-refractivity contribution is 0.329. The van der Waals surface area contributed by atoms with E-state index < -0.39 is 0 Å². The molecular formula is C16H32ClNO. The Morgan fingerprint density at radius 3 is 2.05 bits per heavy atom. The van der Waals surface area contributed by atoms with Crippen molar-refractivity contribution in [3.05, 3.63) is 0 Å². The second kappa shape index (κ2) is 10.9. The Bertz CT molecular complexity index is 207. The van der Waals surface area contributed by atoms with Crippen molar-refractivity contribution in [2.24, 2.45) is 11.7 Å². The van der Waals surface area contributed by atoms with Gasteiger partial charge in [-0.25, -0.2) is 0 Å². The summed E-state index contributed by atoms with van der Waals surface area (Å²) in [7, 11) is 0. The molecule has 0 radical (unpaired) electrons. The molecule has 0 bridgehead atoms. The van der Waals surface area contributed by atoms with Crippen molar-refractivity contribution in [2.45, 2.75) is 89.2 Å². The summed E-state index contributed by atoms with van der Waals surface area (Å²) in [6.45, 7) is 3.18. The molecule has 2 N–H and O–H groups in total. The maximum atomic E-state index is 6.05. The number of epoxide rings is 1. The summed E-state index contributed by atoms with van der Waals surface area (Å²) in [5.41, 5.74) is 5.64. The maximum Gasteiger partial charge on any atom is 0.0829 e. The quantitative estimate of drug-likeness (QED) is 0.228. The first kappa shape index (κ1) is 17.3. The van der Waals surface area contributed by atoms with Gasteiger partial charge in [0.25, 0.3) is 0 Å².